The highest BCUT2D eigenvalue weighted by molar-refractivity contribution is 5.93. The number of para-hydroxylation sites is 1. The maximum absolute atomic E-state index is 13.2. The predicted molar refractivity (Wildman–Crippen MR) is 197 cm³/mol. The Morgan fingerprint density at radius 2 is 1.59 bits per heavy atom. The minimum atomic E-state index is -0.569. The number of aliphatic hydroxyl groups excluding tert-OH is 1. The van der Waals surface area contributed by atoms with Gasteiger partial charge >= 0.3 is 6.03 Å². The fourth-order valence-corrected chi connectivity index (χ4v) is 7.63. The first-order valence-electron chi connectivity index (χ1n) is 18.0. The number of amides is 3. The monoisotopic (exact) mass is 689 g/mol. The molecule has 3 amide bonds. The molecule has 3 aliphatic heterocycles. The van der Waals surface area contributed by atoms with Crippen molar-refractivity contribution in [2.45, 2.75) is 63.4 Å². The summed E-state index contributed by atoms with van der Waals surface area (Å²) in [6.45, 7) is 5.73. The molecule has 4 aromatic carbocycles. The fourth-order valence-electron chi connectivity index (χ4n) is 7.63. The molecule has 10 heteroatoms. The number of nitrogens with zero attached hydrogens (tertiary/aromatic N) is 2. The van der Waals surface area contributed by atoms with Gasteiger partial charge in [0.25, 0.3) is 0 Å². The molecule has 3 aliphatic rings. The summed E-state index contributed by atoms with van der Waals surface area (Å²) < 4.78 is 13.4. The van der Waals surface area contributed by atoms with Crippen LogP contribution < -0.4 is 20.9 Å². The van der Waals surface area contributed by atoms with E-state index in [-0.39, 0.29) is 30.8 Å². The lowest BCUT2D eigenvalue weighted by atomic mass is 9.85. The second kappa shape index (κ2) is 15.7. The zero-order chi connectivity index (χ0) is 35.2. The van der Waals surface area contributed by atoms with Crippen LogP contribution in [0, 0.1) is 0 Å². The van der Waals surface area contributed by atoms with E-state index in [4.69, 9.17) is 9.47 Å². The van der Waals surface area contributed by atoms with Crippen LogP contribution in [0.4, 0.5) is 10.5 Å². The van der Waals surface area contributed by atoms with Crippen molar-refractivity contribution >= 4 is 17.6 Å². The van der Waals surface area contributed by atoms with Gasteiger partial charge < -0.3 is 40.3 Å². The SMILES string of the molecule is CCNC(=O)NCc1ccccc1-c1ccc([C@H]2O[C@@H](CN3CCC4(CC3)C(=O)NCN4c3ccccc3)C[C@@H](c3ccc(CO)cc3)O2)cc1. The number of likely N-dealkylation sites (tertiary alicyclic amines) is 1. The van der Waals surface area contributed by atoms with Gasteiger partial charge in [0, 0.05) is 50.4 Å². The Bertz CT molecular complexity index is 1780. The van der Waals surface area contributed by atoms with Gasteiger partial charge in [-0.3, -0.25) is 4.79 Å². The highest BCUT2D eigenvalue weighted by atomic mass is 16.7. The van der Waals surface area contributed by atoms with Crippen molar-refractivity contribution in [2.75, 3.05) is 37.7 Å². The Kier molecular flexibility index (Phi) is 10.6. The maximum atomic E-state index is 13.2. The lowest BCUT2D eigenvalue weighted by molar-refractivity contribution is -0.253. The predicted octanol–water partition coefficient (Wildman–Crippen LogP) is 5.64. The van der Waals surface area contributed by atoms with Gasteiger partial charge in [-0.25, -0.2) is 4.79 Å². The molecule has 0 aromatic heterocycles. The molecule has 4 aromatic rings. The molecule has 51 heavy (non-hydrogen) atoms. The van der Waals surface area contributed by atoms with E-state index >= 15 is 0 Å². The number of piperidine rings is 1. The highest BCUT2D eigenvalue weighted by Gasteiger charge is 2.50. The van der Waals surface area contributed by atoms with E-state index in [0.29, 0.717) is 26.2 Å². The lowest BCUT2D eigenvalue weighted by Crippen LogP contribution is -2.57. The Morgan fingerprint density at radius 3 is 2.31 bits per heavy atom. The Balaban J connectivity index is 1.07. The van der Waals surface area contributed by atoms with Crippen LogP contribution >= 0.6 is 0 Å². The van der Waals surface area contributed by atoms with Crippen molar-refractivity contribution in [3.8, 4) is 11.1 Å². The van der Waals surface area contributed by atoms with E-state index in [1.165, 1.54) is 0 Å². The van der Waals surface area contributed by atoms with Crippen LogP contribution in [0.25, 0.3) is 11.1 Å². The van der Waals surface area contributed by atoms with Gasteiger partial charge in [0.05, 0.1) is 25.5 Å². The van der Waals surface area contributed by atoms with Crippen LogP contribution in [0.2, 0.25) is 0 Å². The average molecular weight is 690 g/mol. The molecule has 3 fully saturated rings. The molecule has 266 valence electrons. The number of urea groups is 1. The molecule has 3 atom stereocenters. The number of hydrogen-bond acceptors (Lipinski definition) is 7. The largest absolute Gasteiger partial charge is 0.392 e. The summed E-state index contributed by atoms with van der Waals surface area (Å²) in [4.78, 5) is 30.0. The second-order valence-electron chi connectivity index (χ2n) is 13.6. The summed E-state index contributed by atoms with van der Waals surface area (Å²) in [6, 6.07) is 34.3. The Labute approximate surface area is 299 Å². The first-order chi connectivity index (χ1) is 25.0. The minimum absolute atomic E-state index is 0.00613. The van der Waals surface area contributed by atoms with Gasteiger partial charge in [0.1, 0.15) is 5.54 Å². The summed E-state index contributed by atoms with van der Waals surface area (Å²) >= 11 is 0. The van der Waals surface area contributed by atoms with Crippen molar-refractivity contribution in [1.29, 1.82) is 0 Å². The molecule has 3 heterocycles. The van der Waals surface area contributed by atoms with E-state index < -0.39 is 11.8 Å². The van der Waals surface area contributed by atoms with Crippen molar-refractivity contribution in [2.24, 2.45) is 0 Å². The smallest absolute Gasteiger partial charge is 0.315 e. The van der Waals surface area contributed by atoms with Gasteiger partial charge in [-0.05, 0) is 59.7 Å². The fraction of sp³-hybridized carbons (Fsp3) is 0.366. The van der Waals surface area contributed by atoms with E-state index in [9.17, 15) is 14.7 Å². The van der Waals surface area contributed by atoms with Crippen molar-refractivity contribution in [1.82, 2.24) is 20.9 Å². The molecule has 4 N–H and O–H groups in total. The van der Waals surface area contributed by atoms with E-state index in [0.717, 1.165) is 71.5 Å². The van der Waals surface area contributed by atoms with Crippen LogP contribution in [-0.2, 0) is 27.4 Å². The zero-order valence-electron chi connectivity index (χ0n) is 29.1. The van der Waals surface area contributed by atoms with Crippen LogP contribution in [0.3, 0.4) is 0 Å². The maximum Gasteiger partial charge on any atom is 0.315 e. The molecule has 1 spiro atoms. The average Bonchev–Trinajstić information content (AvgIpc) is 3.49. The number of nitrogens with one attached hydrogen (secondary N) is 3. The third-order valence-corrected chi connectivity index (χ3v) is 10.5. The third kappa shape index (κ3) is 7.64. The van der Waals surface area contributed by atoms with Gasteiger partial charge in [-0.15, -0.1) is 0 Å². The van der Waals surface area contributed by atoms with Gasteiger partial charge in [0.15, 0.2) is 6.29 Å². The van der Waals surface area contributed by atoms with Gasteiger partial charge in [-0.1, -0.05) is 91.0 Å². The van der Waals surface area contributed by atoms with E-state index in [2.05, 4.69) is 68.2 Å². The second-order valence-corrected chi connectivity index (χ2v) is 13.6. The van der Waals surface area contributed by atoms with Crippen LogP contribution in [-0.4, -0.2) is 66.4 Å². The Hall–Kier alpha value is -4.74. The standard InChI is InChI=1S/C41H47N5O5/c1-2-42-40(49)43-25-33-8-6-7-11-36(33)30-16-18-32(19-17-30)38-50-35(24-37(51-38)31-14-12-29(27-47)13-15-31)26-45-22-20-41(21-23-45)39(48)44-28-46(41)34-9-4-3-5-10-34/h3-19,35,37-38,47H,2,20-28H2,1H3,(H,44,48)(H2,42,43,49)/t35-,37+,38+/m1/s1. The number of rotatable bonds is 10. The van der Waals surface area contributed by atoms with Crippen LogP contribution in [0.1, 0.15) is 60.8 Å². The summed E-state index contributed by atoms with van der Waals surface area (Å²) in [6.07, 6.45) is 1.33. The summed E-state index contributed by atoms with van der Waals surface area (Å²) in [7, 11) is 0. The number of benzene rings is 4. The van der Waals surface area contributed by atoms with Crippen LogP contribution in [0.15, 0.2) is 103 Å². The number of hydrogen-bond donors (Lipinski definition) is 4. The molecule has 0 saturated carbocycles. The molecular formula is C41H47N5O5. The number of carbonyl (C=O) groups is 2. The van der Waals surface area contributed by atoms with Crippen molar-refractivity contribution in [3.05, 3.63) is 125 Å². The topological polar surface area (TPSA) is 115 Å². The summed E-state index contributed by atoms with van der Waals surface area (Å²) in [5, 5.41) is 18.4. The molecule has 0 radical (unpaired) electrons. The minimum Gasteiger partial charge on any atom is -0.392 e. The molecule has 3 saturated heterocycles. The Morgan fingerprint density at radius 1 is 0.882 bits per heavy atom. The van der Waals surface area contributed by atoms with Crippen molar-refractivity contribution < 1.29 is 24.2 Å². The highest BCUT2D eigenvalue weighted by Crippen LogP contribution is 2.40. The van der Waals surface area contributed by atoms with Crippen LogP contribution in [0.5, 0.6) is 0 Å². The quantitative estimate of drug-likeness (QED) is 0.171. The van der Waals surface area contributed by atoms with Gasteiger partial charge in [-0.2, -0.15) is 0 Å². The molecule has 0 bridgehead atoms. The molecule has 0 aliphatic carbocycles. The number of anilines is 1. The molecule has 7 rings (SSSR count). The normalized spacial score (nSPS) is 21.7. The lowest BCUT2D eigenvalue weighted by Gasteiger charge is -2.45. The zero-order valence-corrected chi connectivity index (χ0v) is 29.1. The number of aliphatic hydroxyl groups is 1. The van der Waals surface area contributed by atoms with Crippen molar-refractivity contribution in [3.63, 3.8) is 0 Å². The molecule has 0 unspecified atom stereocenters. The first-order valence-corrected chi connectivity index (χ1v) is 18.0. The van der Waals surface area contributed by atoms with E-state index in [1.807, 2.05) is 67.6 Å². The van der Waals surface area contributed by atoms with Gasteiger partial charge in [0.2, 0.25) is 5.91 Å². The first kappa shape index (κ1) is 34.7. The summed E-state index contributed by atoms with van der Waals surface area (Å²) in [5.74, 6) is 0.115. The molecule has 10 nitrogen and oxygen atoms in total. The number of ether oxygens (including phenoxy) is 2. The molecular weight excluding hydrogens is 642 g/mol. The number of carbonyl (C=O) groups excluding carboxylic acids is 2. The third-order valence-electron chi connectivity index (χ3n) is 10.5. The van der Waals surface area contributed by atoms with E-state index in [1.54, 1.807) is 0 Å². The summed E-state index contributed by atoms with van der Waals surface area (Å²) in [5.41, 5.74) is 6.49.